The van der Waals surface area contributed by atoms with Crippen molar-refractivity contribution in [2.75, 3.05) is 5.32 Å². The fraction of sp³-hybridized carbons (Fsp3) is 0.625. The first-order valence-corrected chi connectivity index (χ1v) is 4.23. The lowest BCUT2D eigenvalue weighted by molar-refractivity contribution is -0.140. The third-order valence-corrected chi connectivity index (χ3v) is 1.48. The lowest BCUT2D eigenvalue weighted by atomic mass is 10.4. The van der Waals surface area contributed by atoms with Crippen molar-refractivity contribution >= 4 is 5.95 Å². The summed E-state index contributed by atoms with van der Waals surface area (Å²) < 4.78 is 37.2. The smallest absolute Gasteiger partial charge is 0.353 e. The predicted octanol–water partition coefficient (Wildman–Crippen LogP) is 2.27. The maximum atomic E-state index is 12.1. The highest BCUT2D eigenvalue weighted by Gasteiger charge is 2.28. The molecule has 6 heteroatoms. The third kappa shape index (κ3) is 3.27. The van der Waals surface area contributed by atoms with Crippen LogP contribution in [-0.2, 0) is 6.54 Å². The summed E-state index contributed by atoms with van der Waals surface area (Å²) in [4.78, 5) is 3.79. The molecule has 14 heavy (non-hydrogen) atoms. The van der Waals surface area contributed by atoms with Crippen LogP contribution in [0.15, 0.2) is 12.4 Å². The second kappa shape index (κ2) is 3.89. The quantitative estimate of drug-likeness (QED) is 0.823. The van der Waals surface area contributed by atoms with Crippen LogP contribution < -0.4 is 5.32 Å². The van der Waals surface area contributed by atoms with Gasteiger partial charge in [0.1, 0.15) is 6.54 Å². The van der Waals surface area contributed by atoms with Gasteiger partial charge < -0.3 is 9.88 Å². The molecular formula is C8H12F3N3. The minimum atomic E-state index is -4.21. The van der Waals surface area contributed by atoms with E-state index in [0.717, 1.165) is 4.57 Å². The molecule has 80 valence electrons. The molecule has 0 aliphatic heterocycles. The number of alkyl halides is 3. The Labute approximate surface area is 79.9 Å². The number of anilines is 1. The van der Waals surface area contributed by atoms with Gasteiger partial charge in [-0.05, 0) is 13.8 Å². The molecule has 0 saturated carbocycles. The van der Waals surface area contributed by atoms with E-state index in [1.807, 2.05) is 13.8 Å². The lowest BCUT2D eigenvalue weighted by Crippen LogP contribution is -2.21. The van der Waals surface area contributed by atoms with Gasteiger partial charge in [-0.1, -0.05) is 0 Å². The number of halogens is 3. The van der Waals surface area contributed by atoms with Crippen molar-refractivity contribution in [1.82, 2.24) is 9.55 Å². The van der Waals surface area contributed by atoms with Crippen molar-refractivity contribution in [1.29, 1.82) is 0 Å². The molecular weight excluding hydrogens is 195 g/mol. The number of rotatable bonds is 3. The Morgan fingerprint density at radius 2 is 2.14 bits per heavy atom. The molecule has 1 rings (SSSR count). The van der Waals surface area contributed by atoms with Crippen molar-refractivity contribution in [3.8, 4) is 0 Å². The van der Waals surface area contributed by atoms with Crippen LogP contribution in [0.4, 0.5) is 19.1 Å². The zero-order valence-corrected chi connectivity index (χ0v) is 7.97. The summed E-state index contributed by atoms with van der Waals surface area (Å²) in [7, 11) is 0. The van der Waals surface area contributed by atoms with Crippen molar-refractivity contribution in [2.45, 2.75) is 32.6 Å². The van der Waals surface area contributed by atoms with Crippen LogP contribution in [0.25, 0.3) is 0 Å². The first kappa shape index (κ1) is 10.9. The van der Waals surface area contributed by atoms with E-state index in [0.29, 0.717) is 0 Å². The van der Waals surface area contributed by atoms with Gasteiger partial charge >= 0.3 is 6.18 Å². The van der Waals surface area contributed by atoms with Gasteiger partial charge in [0.2, 0.25) is 5.95 Å². The first-order valence-electron chi connectivity index (χ1n) is 4.23. The molecule has 0 amide bonds. The third-order valence-electron chi connectivity index (χ3n) is 1.48. The topological polar surface area (TPSA) is 29.9 Å². The molecule has 1 heterocycles. The summed E-state index contributed by atoms with van der Waals surface area (Å²) in [6, 6.07) is 0.0596. The van der Waals surface area contributed by atoms with Gasteiger partial charge in [-0.25, -0.2) is 4.98 Å². The predicted molar refractivity (Wildman–Crippen MR) is 47.0 cm³/mol. The minimum Gasteiger partial charge on any atom is -0.353 e. The standard InChI is InChI=1S/C8H12F3N3/c1-6(2)13-7-12-3-4-14(7)5-8(9,10)11/h3-4,6H,5H2,1-2H3,(H,12,13). The van der Waals surface area contributed by atoms with Gasteiger partial charge in [0, 0.05) is 18.4 Å². The Morgan fingerprint density at radius 1 is 1.50 bits per heavy atom. The fourth-order valence-electron chi connectivity index (χ4n) is 1.03. The summed E-state index contributed by atoms with van der Waals surface area (Å²) in [5, 5.41) is 2.83. The molecule has 0 atom stereocenters. The van der Waals surface area contributed by atoms with Crippen LogP contribution >= 0.6 is 0 Å². The highest BCUT2D eigenvalue weighted by Crippen LogP contribution is 2.19. The van der Waals surface area contributed by atoms with Crippen LogP contribution in [0.5, 0.6) is 0 Å². The van der Waals surface area contributed by atoms with Gasteiger partial charge in [-0.2, -0.15) is 13.2 Å². The molecule has 1 N–H and O–H groups in total. The van der Waals surface area contributed by atoms with Gasteiger partial charge in [-0.3, -0.25) is 0 Å². The normalized spacial score (nSPS) is 12.1. The number of aromatic nitrogens is 2. The SMILES string of the molecule is CC(C)Nc1nccn1CC(F)(F)F. The van der Waals surface area contributed by atoms with Crippen molar-refractivity contribution in [3.05, 3.63) is 12.4 Å². The van der Waals surface area contributed by atoms with Gasteiger partial charge in [0.15, 0.2) is 0 Å². The van der Waals surface area contributed by atoms with E-state index in [9.17, 15) is 13.2 Å². The van der Waals surface area contributed by atoms with E-state index in [-0.39, 0.29) is 12.0 Å². The first-order chi connectivity index (χ1) is 6.38. The molecule has 1 aromatic heterocycles. The monoisotopic (exact) mass is 207 g/mol. The molecule has 0 radical (unpaired) electrons. The molecule has 0 fully saturated rings. The second-order valence-electron chi connectivity index (χ2n) is 3.29. The van der Waals surface area contributed by atoms with E-state index in [1.165, 1.54) is 12.4 Å². The Bertz CT molecular complexity index is 290. The van der Waals surface area contributed by atoms with Crippen LogP contribution in [0, 0.1) is 0 Å². The largest absolute Gasteiger partial charge is 0.406 e. The maximum absolute atomic E-state index is 12.1. The molecule has 1 aromatic rings. The number of nitrogens with zero attached hydrogens (tertiary/aromatic N) is 2. The molecule has 0 spiro atoms. The molecule has 0 saturated heterocycles. The zero-order valence-electron chi connectivity index (χ0n) is 7.97. The van der Waals surface area contributed by atoms with E-state index < -0.39 is 12.7 Å². The molecule has 0 aliphatic carbocycles. The summed E-state index contributed by atoms with van der Waals surface area (Å²) in [6.07, 6.45) is -1.57. The van der Waals surface area contributed by atoms with Crippen LogP contribution in [0.3, 0.4) is 0 Å². The van der Waals surface area contributed by atoms with E-state index in [2.05, 4.69) is 10.3 Å². The minimum absolute atomic E-state index is 0.0596. The van der Waals surface area contributed by atoms with Crippen molar-refractivity contribution < 1.29 is 13.2 Å². The number of hydrogen-bond acceptors (Lipinski definition) is 2. The Balaban J connectivity index is 2.72. The highest BCUT2D eigenvalue weighted by atomic mass is 19.4. The Morgan fingerprint density at radius 3 is 2.64 bits per heavy atom. The second-order valence-corrected chi connectivity index (χ2v) is 3.29. The van der Waals surface area contributed by atoms with Crippen LogP contribution in [-0.4, -0.2) is 21.8 Å². The Hall–Kier alpha value is -1.20. The lowest BCUT2D eigenvalue weighted by Gasteiger charge is -2.13. The number of imidazole rings is 1. The van der Waals surface area contributed by atoms with Crippen LogP contribution in [0.1, 0.15) is 13.8 Å². The Kier molecular flexibility index (Phi) is 3.03. The van der Waals surface area contributed by atoms with E-state index in [4.69, 9.17) is 0 Å². The average Bonchev–Trinajstić information content (AvgIpc) is 2.32. The summed E-state index contributed by atoms with van der Waals surface area (Å²) in [5.74, 6) is 0.248. The molecule has 3 nitrogen and oxygen atoms in total. The number of nitrogens with one attached hydrogen (secondary N) is 1. The van der Waals surface area contributed by atoms with E-state index >= 15 is 0 Å². The van der Waals surface area contributed by atoms with Crippen LogP contribution in [0.2, 0.25) is 0 Å². The highest BCUT2D eigenvalue weighted by molar-refractivity contribution is 5.26. The van der Waals surface area contributed by atoms with Crippen molar-refractivity contribution in [2.24, 2.45) is 0 Å². The average molecular weight is 207 g/mol. The maximum Gasteiger partial charge on any atom is 0.406 e. The summed E-state index contributed by atoms with van der Waals surface area (Å²) in [6.45, 7) is 2.67. The van der Waals surface area contributed by atoms with E-state index in [1.54, 1.807) is 0 Å². The summed E-state index contributed by atoms with van der Waals surface area (Å²) >= 11 is 0. The fourth-order valence-corrected chi connectivity index (χ4v) is 1.03. The van der Waals surface area contributed by atoms with Gasteiger partial charge in [-0.15, -0.1) is 0 Å². The van der Waals surface area contributed by atoms with Gasteiger partial charge in [0.05, 0.1) is 0 Å². The zero-order chi connectivity index (χ0) is 10.8. The molecule has 0 aromatic carbocycles. The van der Waals surface area contributed by atoms with Crippen molar-refractivity contribution in [3.63, 3.8) is 0 Å². The molecule has 0 aliphatic rings. The summed E-state index contributed by atoms with van der Waals surface area (Å²) in [5.41, 5.74) is 0. The number of hydrogen-bond donors (Lipinski definition) is 1. The van der Waals surface area contributed by atoms with Gasteiger partial charge in [0.25, 0.3) is 0 Å². The molecule has 0 unspecified atom stereocenters. The molecule has 0 bridgehead atoms.